The molecule has 1 N–H and O–H groups in total. The molecular formula is C19H26O5. The number of esters is 2. The summed E-state index contributed by atoms with van der Waals surface area (Å²) >= 11 is 0. The smallest absolute Gasteiger partial charge is 0.334 e. The Morgan fingerprint density at radius 2 is 2.21 bits per heavy atom. The molecule has 2 aliphatic rings. The van der Waals surface area contributed by atoms with Crippen molar-refractivity contribution in [2.45, 2.75) is 52.2 Å². The van der Waals surface area contributed by atoms with Gasteiger partial charge in [-0.05, 0) is 37.8 Å². The summed E-state index contributed by atoms with van der Waals surface area (Å²) in [5.41, 5.74) is 2.25. The maximum Gasteiger partial charge on any atom is 0.334 e. The Kier molecular flexibility index (Phi) is 5.99. The van der Waals surface area contributed by atoms with Gasteiger partial charge in [0.2, 0.25) is 0 Å². The van der Waals surface area contributed by atoms with E-state index in [2.05, 4.69) is 6.58 Å². The highest BCUT2D eigenvalue weighted by atomic mass is 16.6. The second-order valence-corrected chi connectivity index (χ2v) is 6.87. The van der Waals surface area contributed by atoms with Crippen molar-refractivity contribution in [3.63, 3.8) is 0 Å². The number of carbonyl (C=O) groups excluding carboxylic acids is 2. The lowest BCUT2D eigenvalue weighted by atomic mass is 9.85. The van der Waals surface area contributed by atoms with Crippen LogP contribution in [0.5, 0.6) is 0 Å². The third-order valence-corrected chi connectivity index (χ3v) is 4.44. The van der Waals surface area contributed by atoms with E-state index in [9.17, 15) is 14.7 Å². The van der Waals surface area contributed by atoms with Gasteiger partial charge in [-0.25, -0.2) is 4.79 Å². The second-order valence-electron chi connectivity index (χ2n) is 6.87. The zero-order chi connectivity index (χ0) is 17.9. The van der Waals surface area contributed by atoms with Crippen molar-refractivity contribution in [3.8, 4) is 0 Å². The highest BCUT2D eigenvalue weighted by molar-refractivity contribution is 5.91. The second kappa shape index (κ2) is 7.79. The fourth-order valence-corrected chi connectivity index (χ4v) is 2.99. The van der Waals surface area contributed by atoms with Crippen molar-refractivity contribution in [1.82, 2.24) is 0 Å². The third kappa shape index (κ3) is 4.35. The van der Waals surface area contributed by atoms with Gasteiger partial charge < -0.3 is 14.6 Å². The SMILES string of the molecule is C=C1C(=O)O[C@@H]2/C=C(\C)CC/C=C(\COC(=O)C(C)C)C[C@@H](O)[C@@H]12. The Labute approximate surface area is 143 Å². The summed E-state index contributed by atoms with van der Waals surface area (Å²) in [4.78, 5) is 23.5. The van der Waals surface area contributed by atoms with E-state index >= 15 is 0 Å². The molecule has 3 atom stereocenters. The molecule has 0 aromatic carbocycles. The Morgan fingerprint density at radius 1 is 1.50 bits per heavy atom. The first-order valence-corrected chi connectivity index (χ1v) is 8.39. The summed E-state index contributed by atoms with van der Waals surface area (Å²) in [6, 6.07) is 0. The molecule has 0 amide bonds. The highest BCUT2D eigenvalue weighted by Gasteiger charge is 2.42. The average molecular weight is 334 g/mol. The van der Waals surface area contributed by atoms with Crippen LogP contribution >= 0.6 is 0 Å². The lowest BCUT2D eigenvalue weighted by Gasteiger charge is -2.24. The van der Waals surface area contributed by atoms with Crippen molar-refractivity contribution in [2.75, 3.05) is 6.61 Å². The molecule has 132 valence electrons. The molecule has 0 unspecified atom stereocenters. The van der Waals surface area contributed by atoms with Gasteiger partial charge >= 0.3 is 11.9 Å². The van der Waals surface area contributed by atoms with Crippen LogP contribution < -0.4 is 0 Å². The Morgan fingerprint density at radius 3 is 2.88 bits per heavy atom. The number of carbonyl (C=O) groups is 2. The largest absolute Gasteiger partial charge is 0.461 e. The Bertz CT molecular complexity index is 585. The predicted octanol–water partition coefficient (Wildman–Crippen LogP) is 2.70. The van der Waals surface area contributed by atoms with Gasteiger partial charge in [-0.2, -0.15) is 0 Å². The molecule has 1 heterocycles. The van der Waals surface area contributed by atoms with Crippen LogP contribution in [0.2, 0.25) is 0 Å². The van der Waals surface area contributed by atoms with Gasteiger partial charge in [0.1, 0.15) is 12.7 Å². The minimum absolute atomic E-state index is 0.162. The molecular weight excluding hydrogens is 308 g/mol. The Hall–Kier alpha value is -1.88. The molecule has 0 radical (unpaired) electrons. The van der Waals surface area contributed by atoms with E-state index in [4.69, 9.17) is 9.47 Å². The topological polar surface area (TPSA) is 72.8 Å². The number of ether oxygens (including phenoxy) is 2. The normalized spacial score (nSPS) is 32.3. The molecule has 1 fully saturated rings. The van der Waals surface area contributed by atoms with Crippen molar-refractivity contribution < 1.29 is 24.2 Å². The van der Waals surface area contributed by atoms with Crippen LogP contribution in [0, 0.1) is 11.8 Å². The van der Waals surface area contributed by atoms with E-state index in [1.165, 1.54) is 0 Å². The van der Waals surface area contributed by atoms with Crippen LogP contribution in [0.15, 0.2) is 35.5 Å². The van der Waals surface area contributed by atoms with Gasteiger partial charge in [-0.15, -0.1) is 0 Å². The zero-order valence-electron chi connectivity index (χ0n) is 14.6. The molecule has 1 aliphatic heterocycles. The lowest BCUT2D eigenvalue weighted by Crippen LogP contribution is -2.29. The lowest BCUT2D eigenvalue weighted by molar-refractivity contribution is -0.146. The molecule has 0 saturated carbocycles. The molecule has 24 heavy (non-hydrogen) atoms. The van der Waals surface area contributed by atoms with Crippen LogP contribution in [-0.4, -0.2) is 35.9 Å². The van der Waals surface area contributed by atoms with E-state index in [0.29, 0.717) is 12.0 Å². The van der Waals surface area contributed by atoms with E-state index in [0.717, 1.165) is 24.0 Å². The molecule has 0 bridgehead atoms. The molecule has 1 aliphatic carbocycles. The first kappa shape index (κ1) is 18.5. The molecule has 2 rings (SSSR count). The highest BCUT2D eigenvalue weighted by Crippen LogP contribution is 2.34. The summed E-state index contributed by atoms with van der Waals surface area (Å²) < 4.78 is 10.6. The number of aliphatic hydroxyl groups excluding tert-OH is 1. The van der Waals surface area contributed by atoms with Crippen LogP contribution in [0.1, 0.15) is 40.0 Å². The first-order chi connectivity index (χ1) is 11.3. The van der Waals surface area contributed by atoms with Gasteiger partial charge in [0.25, 0.3) is 0 Å². The third-order valence-electron chi connectivity index (χ3n) is 4.44. The van der Waals surface area contributed by atoms with E-state index in [-0.39, 0.29) is 18.5 Å². The van der Waals surface area contributed by atoms with Crippen molar-refractivity contribution in [3.05, 3.63) is 35.5 Å². The Balaban J connectivity index is 2.16. The summed E-state index contributed by atoms with van der Waals surface area (Å²) in [5.74, 6) is -1.37. The minimum atomic E-state index is -0.805. The van der Waals surface area contributed by atoms with E-state index < -0.39 is 24.1 Å². The number of fused-ring (bicyclic) bond motifs is 1. The zero-order valence-corrected chi connectivity index (χ0v) is 14.6. The number of allylic oxidation sites excluding steroid dienone is 2. The molecule has 5 heteroatoms. The fraction of sp³-hybridized carbons (Fsp3) is 0.579. The van der Waals surface area contributed by atoms with E-state index in [1.807, 2.05) is 19.1 Å². The summed E-state index contributed by atoms with van der Waals surface area (Å²) in [7, 11) is 0. The number of hydrogen-bond donors (Lipinski definition) is 1. The van der Waals surface area contributed by atoms with Gasteiger partial charge in [0.05, 0.1) is 17.9 Å². The van der Waals surface area contributed by atoms with Crippen LogP contribution in [0.3, 0.4) is 0 Å². The van der Waals surface area contributed by atoms with Gasteiger partial charge in [-0.1, -0.05) is 32.1 Å². The van der Waals surface area contributed by atoms with Crippen LogP contribution in [-0.2, 0) is 19.1 Å². The molecule has 0 spiro atoms. The standard InChI is InChI=1S/C19H26O5/c1-11(2)18(21)23-10-14-7-5-6-12(3)8-16-17(15(20)9-14)13(4)19(22)24-16/h7-8,11,15-17,20H,4-6,9-10H2,1-3H3/b12-8+,14-7-/t15-,16-,17-/m1/s1. The maximum absolute atomic E-state index is 11.8. The summed E-state index contributed by atoms with van der Waals surface area (Å²) in [6.07, 6.45) is 4.57. The molecule has 1 saturated heterocycles. The number of hydrogen-bond acceptors (Lipinski definition) is 5. The molecule has 5 nitrogen and oxygen atoms in total. The molecule has 0 aromatic rings. The van der Waals surface area contributed by atoms with Crippen molar-refractivity contribution in [1.29, 1.82) is 0 Å². The monoisotopic (exact) mass is 334 g/mol. The maximum atomic E-state index is 11.8. The fourth-order valence-electron chi connectivity index (χ4n) is 2.99. The molecule has 0 aromatic heterocycles. The summed E-state index contributed by atoms with van der Waals surface area (Å²) in [6.45, 7) is 9.48. The summed E-state index contributed by atoms with van der Waals surface area (Å²) in [5, 5.41) is 10.6. The van der Waals surface area contributed by atoms with Crippen LogP contribution in [0.25, 0.3) is 0 Å². The minimum Gasteiger partial charge on any atom is -0.461 e. The van der Waals surface area contributed by atoms with Gasteiger partial charge in [-0.3, -0.25) is 4.79 Å². The van der Waals surface area contributed by atoms with Crippen LogP contribution in [0.4, 0.5) is 0 Å². The van der Waals surface area contributed by atoms with E-state index in [1.54, 1.807) is 13.8 Å². The predicted molar refractivity (Wildman–Crippen MR) is 90.0 cm³/mol. The van der Waals surface area contributed by atoms with Gasteiger partial charge in [0.15, 0.2) is 0 Å². The number of aliphatic hydroxyl groups is 1. The van der Waals surface area contributed by atoms with Gasteiger partial charge in [0, 0.05) is 5.57 Å². The number of rotatable bonds is 3. The average Bonchev–Trinajstić information content (AvgIpc) is 2.78. The first-order valence-electron chi connectivity index (χ1n) is 8.39. The van der Waals surface area contributed by atoms with Crippen molar-refractivity contribution in [2.24, 2.45) is 11.8 Å². The van der Waals surface area contributed by atoms with Crippen molar-refractivity contribution >= 4 is 11.9 Å². The quantitative estimate of drug-likeness (QED) is 0.488.